The van der Waals surface area contributed by atoms with Crippen LogP contribution in [-0.4, -0.2) is 35.4 Å². The number of amides is 1. The molecule has 2 N–H and O–H groups in total. The molecule has 19 heavy (non-hydrogen) atoms. The Morgan fingerprint density at radius 1 is 1.42 bits per heavy atom. The summed E-state index contributed by atoms with van der Waals surface area (Å²) in [4.78, 5) is 18.2. The van der Waals surface area contributed by atoms with Crippen LogP contribution in [0.5, 0.6) is 0 Å². The van der Waals surface area contributed by atoms with Crippen molar-refractivity contribution in [2.45, 2.75) is 26.7 Å². The molecule has 0 bridgehead atoms. The first-order chi connectivity index (χ1) is 9.22. The summed E-state index contributed by atoms with van der Waals surface area (Å²) in [6.45, 7) is 5.89. The molecular formula is C15H21N3O. The summed E-state index contributed by atoms with van der Waals surface area (Å²) in [7, 11) is 0. The molecular weight excluding hydrogens is 238 g/mol. The van der Waals surface area contributed by atoms with Crippen LogP contribution in [0.4, 0.5) is 0 Å². The number of carbonyl (C=O) groups excluding carboxylic acids is 1. The SMILES string of the molecule is CCCCN(CC)C(=O)c1cncc(C#CCN)c1. The number of carbonyl (C=O) groups is 1. The van der Waals surface area contributed by atoms with Crippen LogP contribution in [0.25, 0.3) is 0 Å². The molecule has 0 aliphatic carbocycles. The van der Waals surface area contributed by atoms with Crippen molar-refractivity contribution >= 4 is 5.91 Å². The molecule has 4 nitrogen and oxygen atoms in total. The third kappa shape index (κ3) is 4.72. The van der Waals surface area contributed by atoms with Crippen LogP contribution in [-0.2, 0) is 0 Å². The van der Waals surface area contributed by atoms with Gasteiger partial charge in [0.15, 0.2) is 0 Å². The number of aromatic nitrogens is 1. The minimum absolute atomic E-state index is 0.0137. The highest BCUT2D eigenvalue weighted by atomic mass is 16.2. The number of hydrogen-bond donors (Lipinski definition) is 1. The van der Waals surface area contributed by atoms with Gasteiger partial charge in [-0.25, -0.2) is 0 Å². The second kappa shape index (κ2) is 8.28. The maximum Gasteiger partial charge on any atom is 0.255 e. The molecule has 0 spiro atoms. The molecule has 0 radical (unpaired) electrons. The zero-order valence-electron chi connectivity index (χ0n) is 11.6. The van der Waals surface area contributed by atoms with Crippen LogP contribution in [0.1, 0.15) is 42.6 Å². The van der Waals surface area contributed by atoms with Gasteiger partial charge in [0.1, 0.15) is 0 Å². The molecule has 1 heterocycles. The minimum Gasteiger partial charge on any atom is -0.339 e. The van der Waals surface area contributed by atoms with E-state index in [1.54, 1.807) is 18.5 Å². The molecule has 1 rings (SSSR count). The van der Waals surface area contributed by atoms with Gasteiger partial charge in [-0.15, -0.1) is 0 Å². The van der Waals surface area contributed by atoms with E-state index in [0.29, 0.717) is 18.7 Å². The van der Waals surface area contributed by atoms with E-state index in [4.69, 9.17) is 5.73 Å². The Morgan fingerprint density at radius 3 is 2.84 bits per heavy atom. The number of nitrogens with two attached hydrogens (primary N) is 1. The molecule has 1 aromatic heterocycles. The quantitative estimate of drug-likeness (QED) is 0.818. The van der Waals surface area contributed by atoms with Gasteiger partial charge in [-0.3, -0.25) is 9.78 Å². The fourth-order valence-electron chi connectivity index (χ4n) is 1.71. The van der Waals surface area contributed by atoms with Gasteiger partial charge >= 0.3 is 0 Å². The lowest BCUT2D eigenvalue weighted by Gasteiger charge is -2.20. The molecule has 0 aliphatic heterocycles. The lowest BCUT2D eigenvalue weighted by atomic mass is 10.1. The van der Waals surface area contributed by atoms with E-state index in [1.807, 2.05) is 11.8 Å². The Balaban J connectivity index is 2.85. The molecule has 0 atom stereocenters. The van der Waals surface area contributed by atoms with Crippen LogP contribution in [0.2, 0.25) is 0 Å². The normalized spacial score (nSPS) is 9.63. The summed E-state index contributed by atoms with van der Waals surface area (Å²) in [5, 5.41) is 0. The second-order valence-electron chi connectivity index (χ2n) is 4.21. The molecule has 1 amide bonds. The Kier molecular flexibility index (Phi) is 6.62. The van der Waals surface area contributed by atoms with Crippen molar-refractivity contribution in [1.29, 1.82) is 0 Å². The molecule has 0 fully saturated rings. The number of pyridine rings is 1. The van der Waals surface area contributed by atoms with Gasteiger partial charge in [-0.2, -0.15) is 0 Å². The van der Waals surface area contributed by atoms with Crippen molar-refractivity contribution in [2.24, 2.45) is 5.73 Å². The fourth-order valence-corrected chi connectivity index (χ4v) is 1.71. The number of hydrogen-bond acceptors (Lipinski definition) is 3. The number of rotatable bonds is 5. The predicted octanol–water partition coefficient (Wildman–Crippen LogP) is 1.65. The Morgan fingerprint density at radius 2 is 2.21 bits per heavy atom. The van der Waals surface area contributed by atoms with Crippen molar-refractivity contribution in [1.82, 2.24) is 9.88 Å². The highest BCUT2D eigenvalue weighted by molar-refractivity contribution is 5.94. The van der Waals surface area contributed by atoms with Crippen molar-refractivity contribution in [3.63, 3.8) is 0 Å². The third-order valence-corrected chi connectivity index (χ3v) is 2.77. The molecule has 0 aliphatic rings. The van der Waals surface area contributed by atoms with Crippen LogP contribution in [0.3, 0.4) is 0 Å². The van der Waals surface area contributed by atoms with E-state index >= 15 is 0 Å². The summed E-state index contributed by atoms with van der Waals surface area (Å²) in [6, 6.07) is 1.77. The Hall–Kier alpha value is -1.86. The van der Waals surface area contributed by atoms with Crippen LogP contribution in [0.15, 0.2) is 18.5 Å². The fraction of sp³-hybridized carbons (Fsp3) is 0.467. The van der Waals surface area contributed by atoms with Gasteiger partial charge in [0.2, 0.25) is 0 Å². The van der Waals surface area contributed by atoms with E-state index in [9.17, 15) is 4.79 Å². The van der Waals surface area contributed by atoms with E-state index < -0.39 is 0 Å². The van der Waals surface area contributed by atoms with Gasteiger partial charge < -0.3 is 10.6 Å². The van der Waals surface area contributed by atoms with E-state index in [-0.39, 0.29) is 5.91 Å². The first-order valence-corrected chi connectivity index (χ1v) is 6.66. The predicted molar refractivity (Wildman–Crippen MR) is 76.7 cm³/mol. The Labute approximate surface area is 115 Å². The first-order valence-electron chi connectivity index (χ1n) is 6.66. The third-order valence-electron chi connectivity index (χ3n) is 2.77. The second-order valence-corrected chi connectivity index (χ2v) is 4.21. The topological polar surface area (TPSA) is 59.2 Å². The average molecular weight is 259 g/mol. The van der Waals surface area contributed by atoms with Gasteiger partial charge in [-0.05, 0) is 19.4 Å². The standard InChI is InChI=1S/C15H21N3O/c1-3-5-9-18(4-2)15(19)14-10-13(7-6-8-16)11-17-12-14/h10-12H,3-5,8-9,16H2,1-2H3. The summed E-state index contributed by atoms with van der Waals surface area (Å²) in [5.41, 5.74) is 6.64. The van der Waals surface area contributed by atoms with E-state index in [2.05, 4.69) is 23.7 Å². The summed E-state index contributed by atoms with van der Waals surface area (Å²) in [5.74, 6) is 5.67. The van der Waals surface area contributed by atoms with Crippen molar-refractivity contribution < 1.29 is 4.79 Å². The number of nitrogens with zero attached hydrogens (tertiary/aromatic N) is 2. The van der Waals surface area contributed by atoms with Gasteiger partial charge in [0.25, 0.3) is 5.91 Å². The van der Waals surface area contributed by atoms with Gasteiger partial charge in [-0.1, -0.05) is 25.2 Å². The molecule has 0 unspecified atom stereocenters. The average Bonchev–Trinajstić information content (AvgIpc) is 2.46. The molecule has 4 heteroatoms. The number of unbranched alkanes of at least 4 members (excludes halogenated alkanes) is 1. The van der Waals surface area contributed by atoms with Gasteiger partial charge in [0, 0.05) is 31.0 Å². The molecule has 1 aromatic rings. The zero-order valence-corrected chi connectivity index (χ0v) is 11.6. The van der Waals surface area contributed by atoms with Gasteiger partial charge in [0.05, 0.1) is 12.1 Å². The molecule has 0 aromatic carbocycles. The zero-order chi connectivity index (χ0) is 14.1. The van der Waals surface area contributed by atoms with Crippen molar-refractivity contribution in [3.05, 3.63) is 29.6 Å². The highest BCUT2D eigenvalue weighted by Gasteiger charge is 2.13. The summed E-state index contributed by atoms with van der Waals surface area (Å²) < 4.78 is 0. The van der Waals surface area contributed by atoms with Crippen molar-refractivity contribution in [2.75, 3.05) is 19.6 Å². The monoisotopic (exact) mass is 259 g/mol. The molecule has 0 saturated carbocycles. The van der Waals surface area contributed by atoms with E-state index in [0.717, 1.165) is 24.9 Å². The largest absolute Gasteiger partial charge is 0.339 e. The smallest absolute Gasteiger partial charge is 0.255 e. The Bertz CT molecular complexity index is 474. The lowest BCUT2D eigenvalue weighted by molar-refractivity contribution is 0.0762. The molecule has 0 saturated heterocycles. The highest BCUT2D eigenvalue weighted by Crippen LogP contribution is 2.07. The maximum absolute atomic E-state index is 12.3. The first kappa shape index (κ1) is 15.2. The lowest BCUT2D eigenvalue weighted by Crippen LogP contribution is -2.31. The van der Waals surface area contributed by atoms with Crippen LogP contribution >= 0.6 is 0 Å². The van der Waals surface area contributed by atoms with Crippen LogP contribution < -0.4 is 5.73 Å². The van der Waals surface area contributed by atoms with Crippen LogP contribution in [0, 0.1) is 11.8 Å². The van der Waals surface area contributed by atoms with E-state index in [1.165, 1.54) is 0 Å². The van der Waals surface area contributed by atoms with Crippen molar-refractivity contribution in [3.8, 4) is 11.8 Å². The maximum atomic E-state index is 12.3. The molecule has 102 valence electrons. The summed E-state index contributed by atoms with van der Waals surface area (Å²) in [6.07, 6.45) is 5.32. The summed E-state index contributed by atoms with van der Waals surface area (Å²) >= 11 is 0. The minimum atomic E-state index is 0.0137.